The van der Waals surface area contributed by atoms with Crippen molar-refractivity contribution in [3.8, 4) is 0 Å². The summed E-state index contributed by atoms with van der Waals surface area (Å²) in [4.78, 5) is 8.77. The standard InChI is InChI=1S/C15H24ClN3/c1-15(2,12-8-7-9-13(16)10-12)11-17-14(18(3)4)19(5)6/h7-10H,11H2,1-6H3. The van der Waals surface area contributed by atoms with Crippen LogP contribution in [0.1, 0.15) is 19.4 Å². The molecule has 0 heterocycles. The molecule has 0 aromatic heterocycles. The van der Waals surface area contributed by atoms with Crippen LogP contribution in [0.2, 0.25) is 5.02 Å². The number of guanidine groups is 1. The lowest BCUT2D eigenvalue weighted by molar-refractivity contribution is 0.464. The molecule has 19 heavy (non-hydrogen) atoms. The minimum absolute atomic E-state index is 0.0395. The molecule has 106 valence electrons. The molecule has 1 aromatic rings. The fourth-order valence-electron chi connectivity index (χ4n) is 1.95. The predicted molar refractivity (Wildman–Crippen MR) is 84.2 cm³/mol. The first-order chi connectivity index (χ1) is 8.74. The molecule has 0 aliphatic carbocycles. The molecular formula is C15H24ClN3. The molecule has 3 nitrogen and oxygen atoms in total. The van der Waals surface area contributed by atoms with E-state index in [0.29, 0.717) is 0 Å². The zero-order valence-corrected chi connectivity index (χ0v) is 13.5. The molecule has 0 atom stereocenters. The molecule has 0 fully saturated rings. The van der Waals surface area contributed by atoms with Gasteiger partial charge in [0.1, 0.15) is 0 Å². The maximum absolute atomic E-state index is 6.06. The molecule has 0 aliphatic heterocycles. The zero-order chi connectivity index (χ0) is 14.6. The highest BCUT2D eigenvalue weighted by atomic mass is 35.5. The highest BCUT2D eigenvalue weighted by Gasteiger charge is 2.21. The maximum Gasteiger partial charge on any atom is 0.195 e. The summed E-state index contributed by atoms with van der Waals surface area (Å²) in [5, 5.41) is 0.773. The Morgan fingerprint density at radius 3 is 2.21 bits per heavy atom. The van der Waals surface area contributed by atoms with Gasteiger partial charge in [0.05, 0.1) is 6.54 Å². The Labute approximate surface area is 121 Å². The molecule has 0 aliphatic rings. The second-order valence-corrected chi connectivity index (χ2v) is 6.24. The highest BCUT2D eigenvalue weighted by Crippen LogP contribution is 2.26. The molecule has 0 amide bonds. The summed E-state index contributed by atoms with van der Waals surface area (Å²) >= 11 is 6.06. The average Bonchev–Trinajstić information content (AvgIpc) is 2.28. The van der Waals surface area contributed by atoms with Gasteiger partial charge in [-0.05, 0) is 17.7 Å². The molecule has 0 radical (unpaired) electrons. The monoisotopic (exact) mass is 281 g/mol. The first-order valence-corrected chi connectivity index (χ1v) is 6.77. The van der Waals surface area contributed by atoms with E-state index in [0.717, 1.165) is 17.5 Å². The third-order valence-corrected chi connectivity index (χ3v) is 3.26. The number of nitrogens with zero attached hydrogens (tertiary/aromatic N) is 3. The van der Waals surface area contributed by atoms with Crippen molar-refractivity contribution in [2.45, 2.75) is 19.3 Å². The molecule has 0 saturated heterocycles. The van der Waals surface area contributed by atoms with Crippen LogP contribution in [0.15, 0.2) is 29.3 Å². The van der Waals surface area contributed by atoms with Crippen molar-refractivity contribution in [1.82, 2.24) is 9.80 Å². The van der Waals surface area contributed by atoms with E-state index in [-0.39, 0.29) is 5.41 Å². The van der Waals surface area contributed by atoms with Crippen LogP contribution < -0.4 is 0 Å². The first-order valence-electron chi connectivity index (χ1n) is 6.39. The predicted octanol–water partition coefficient (Wildman–Crippen LogP) is 3.10. The van der Waals surface area contributed by atoms with Crippen molar-refractivity contribution in [2.75, 3.05) is 34.7 Å². The summed E-state index contributed by atoms with van der Waals surface area (Å²) in [6.07, 6.45) is 0. The van der Waals surface area contributed by atoms with Crippen molar-refractivity contribution in [2.24, 2.45) is 4.99 Å². The lowest BCUT2D eigenvalue weighted by atomic mass is 9.85. The van der Waals surface area contributed by atoms with Crippen LogP contribution in [-0.4, -0.2) is 50.5 Å². The summed E-state index contributed by atoms with van der Waals surface area (Å²) in [6.45, 7) is 5.09. The van der Waals surface area contributed by atoms with Crippen LogP contribution in [0.3, 0.4) is 0 Å². The number of halogens is 1. The molecule has 0 unspecified atom stereocenters. The quantitative estimate of drug-likeness (QED) is 0.626. The van der Waals surface area contributed by atoms with E-state index in [9.17, 15) is 0 Å². The van der Waals surface area contributed by atoms with Gasteiger partial charge in [-0.3, -0.25) is 4.99 Å². The van der Waals surface area contributed by atoms with Gasteiger partial charge in [-0.25, -0.2) is 0 Å². The SMILES string of the molecule is CN(C)C(=NCC(C)(C)c1cccc(Cl)c1)N(C)C. The smallest absolute Gasteiger partial charge is 0.195 e. The van der Waals surface area contributed by atoms with E-state index in [2.05, 4.69) is 19.9 Å². The van der Waals surface area contributed by atoms with Gasteiger partial charge >= 0.3 is 0 Å². The van der Waals surface area contributed by atoms with Gasteiger partial charge < -0.3 is 9.80 Å². The second kappa shape index (κ2) is 6.29. The fraction of sp³-hybridized carbons (Fsp3) is 0.533. The van der Waals surface area contributed by atoms with Crippen LogP contribution in [0.25, 0.3) is 0 Å². The minimum atomic E-state index is -0.0395. The number of aliphatic imine (C=N–C) groups is 1. The lowest BCUT2D eigenvalue weighted by Crippen LogP contribution is -2.36. The highest BCUT2D eigenvalue weighted by molar-refractivity contribution is 6.30. The van der Waals surface area contributed by atoms with Crippen LogP contribution in [0, 0.1) is 0 Å². The lowest BCUT2D eigenvalue weighted by Gasteiger charge is -2.27. The van der Waals surface area contributed by atoms with Gasteiger partial charge in [0, 0.05) is 38.6 Å². The van der Waals surface area contributed by atoms with Crippen LogP contribution >= 0.6 is 11.6 Å². The topological polar surface area (TPSA) is 18.8 Å². The summed E-state index contributed by atoms with van der Waals surface area (Å²) in [7, 11) is 8.02. The Balaban J connectivity index is 2.93. The Bertz CT molecular complexity index is 440. The fourth-order valence-corrected chi connectivity index (χ4v) is 2.14. The van der Waals surface area contributed by atoms with Crippen molar-refractivity contribution in [3.05, 3.63) is 34.9 Å². The van der Waals surface area contributed by atoms with E-state index in [1.54, 1.807) is 0 Å². The molecule has 4 heteroatoms. The minimum Gasteiger partial charge on any atom is -0.349 e. The molecule has 1 aromatic carbocycles. The number of hydrogen-bond donors (Lipinski definition) is 0. The molecule has 1 rings (SSSR count). The Morgan fingerprint density at radius 2 is 1.74 bits per heavy atom. The van der Waals surface area contributed by atoms with Gasteiger partial charge in [0.25, 0.3) is 0 Å². The zero-order valence-electron chi connectivity index (χ0n) is 12.7. The Hall–Kier alpha value is -1.22. The third kappa shape index (κ3) is 4.43. The van der Waals surface area contributed by atoms with Gasteiger partial charge in [-0.2, -0.15) is 0 Å². The third-order valence-electron chi connectivity index (χ3n) is 3.02. The van der Waals surface area contributed by atoms with Gasteiger partial charge in [0.15, 0.2) is 5.96 Å². The Morgan fingerprint density at radius 1 is 1.16 bits per heavy atom. The average molecular weight is 282 g/mol. The second-order valence-electron chi connectivity index (χ2n) is 5.80. The molecule has 0 bridgehead atoms. The molecular weight excluding hydrogens is 258 g/mol. The van der Waals surface area contributed by atoms with E-state index < -0.39 is 0 Å². The van der Waals surface area contributed by atoms with E-state index in [1.165, 1.54) is 5.56 Å². The van der Waals surface area contributed by atoms with E-state index in [1.807, 2.05) is 56.2 Å². The van der Waals surface area contributed by atoms with Crippen molar-refractivity contribution >= 4 is 17.6 Å². The van der Waals surface area contributed by atoms with Crippen molar-refractivity contribution in [3.63, 3.8) is 0 Å². The molecule has 0 N–H and O–H groups in total. The first kappa shape index (κ1) is 15.8. The van der Waals surface area contributed by atoms with Gasteiger partial charge in [-0.1, -0.05) is 37.6 Å². The van der Waals surface area contributed by atoms with Crippen LogP contribution in [0.5, 0.6) is 0 Å². The van der Waals surface area contributed by atoms with Crippen LogP contribution in [-0.2, 0) is 5.41 Å². The van der Waals surface area contributed by atoms with Crippen molar-refractivity contribution in [1.29, 1.82) is 0 Å². The molecule has 0 spiro atoms. The van der Waals surface area contributed by atoms with Crippen molar-refractivity contribution < 1.29 is 0 Å². The largest absolute Gasteiger partial charge is 0.349 e. The maximum atomic E-state index is 6.06. The number of hydrogen-bond acceptors (Lipinski definition) is 1. The summed E-state index contributed by atoms with van der Waals surface area (Å²) in [5.41, 5.74) is 1.17. The number of benzene rings is 1. The van der Waals surface area contributed by atoms with Gasteiger partial charge in [0.2, 0.25) is 0 Å². The van der Waals surface area contributed by atoms with Crippen LogP contribution in [0.4, 0.5) is 0 Å². The normalized spacial score (nSPS) is 11.1. The van der Waals surface area contributed by atoms with E-state index in [4.69, 9.17) is 16.6 Å². The van der Waals surface area contributed by atoms with Gasteiger partial charge in [-0.15, -0.1) is 0 Å². The van der Waals surface area contributed by atoms with E-state index >= 15 is 0 Å². The molecule has 0 saturated carbocycles. The summed E-state index contributed by atoms with van der Waals surface area (Å²) < 4.78 is 0. The summed E-state index contributed by atoms with van der Waals surface area (Å²) in [6, 6.07) is 8.01. The summed E-state index contributed by atoms with van der Waals surface area (Å²) in [5.74, 6) is 0.968. The number of rotatable bonds is 3. The Kier molecular flexibility index (Phi) is 5.24.